The van der Waals surface area contributed by atoms with Crippen molar-refractivity contribution in [2.24, 2.45) is 11.3 Å². The lowest BCUT2D eigenvalue weighted by Crippen LogP contribution is -2.30. The van der Waals surface area contributed by atoms with E-state index in [1.165, 1.54) is 6.07 Å². The molecule has 0 bridgehead atoms. The fourth-order valence-corrected chi connectivity index (χ4v) is 5.53. The number of hydrogen-bond acceptors (Lipinski definition) is 4. The number of carboxylic acid groups (broad SMARTS) is 1. The van der Waals surface area contributed by atoms with E-state index in [1.807, 2.05) is 42.5 Å². The molecule has 0 saturated heterocycles. The normalized spacial score (nSPS) is 16.7. The van der Waals surface area contributed by atoms with Gasteiger partial charge in [-0.15, -0.1) is 0 Å². The molecule has 0 heterocycles. The number of benzene rings is 3. The largest absolute Gasteiger partial charge is 0.497 e. The molecule has 0 radical (unpaired) electrons. The maximum absolute atomic E-state index is 14.9. The van der Waals surface area contributed by atoms with Gasteiger partial charge < -0.3 is 14.6 Å². The molecule has 3 aromatic carbocycles. The van der Waals surface area contributed by atoms with Gasteiger partial charge in [0.1, 0.15) is 23.9 Å². The Balaban J connectivity index is 1.40. The molecule has 2 aliphatic rings. The molecular formula is C32H32FNO4. The van der Waals surface area contributed by atoms with Gasteiger partial charge in [0.05, 0.1) is 25.0 Å². The Bertz CT molecular complexity index is 1370. The summed E-state index contributed by atoms with van der Waals surface area (Å²) >= 11 is 0. The minimum absolute atomic E-state index is 0.0285. The number of methoxy groups -OCH3 is 1. The van der Waals surface area contributed by atoms with Gasteiger partial charge in [0.2, 0.25) is 0 Å². The Morgan fingerprint density at radius 1 is 1.11 bits per heavy atom. The molecule has 3 aromatic rings. The summed E-state index contributed by atoms with van der Waals surface area (Å²) in [6, 6.07) is 20.8. The molecule has 0 spiro atoms. The Hall–Kier alpha value is -3.85. The predicted octanol–water partition coefficient (Wildman–Crippen LogP) is 7.28. The molecule has 0 amide bonds. The van der Waals surface area contributed by atoms with Gasteiger partial charge >= 0.3 is 5.97 Å². The first-order valence-corrected chi connectivity index (χ1v) is 13.2. The van der Waals surface area contributed by atoms with Gasteiger partial charge in [0.25, 0.3) is 0 Å². The highest BCUT2D eigenvalue weighted by atomic mass is 19.1. The van der Waals surface area contributed by atoms with E-state index in [0.717, 1.165) is 54.4 Å². The summed E-state index contributed by atoms with van der Waals surface area (Å²) in [5.74, 6) is 0.566. The third-order valence-corrected chi connectivity index (χ3v) is 7.99. The van der Waals surface area contributed by atoms with Gasteiger partial charge in [-0.1, -0.05) is 36.8 Å². The first-order valence-electron chi connectivity index (χ1n) is 13.2. The minimum Gasteiger partial charge on any atom is -0.497 e. The summed E-state index contributed by atoms with van der Waals surface area (Å²) in [6.45, 7) is 0.327. The van der Waals surface area contributed by atoms with Crippen molar-refractivity contribution in [3.63, 3.8) is 0 Å². The van der Waals surface area contributed by atoms with E-state index in [1.54, 1.807) is 19.2 Å². The Labute approximate surface area is 222 Å². The molecular weight excluding hydrogens is 481 g/mol. The summed E-state index contributed by atoms with van der Waals surface area (Å²) in [4.78, 5) is 11.4. The lowest BCUT2D eigenvalue weighted by Gasteiger charge is -2.36. The fourth-order valence-electron chi connectivity index (χ4n) is 5.53. The fraction of sp³-hybridized carbons (Fsp3) is 0.375. The van der Waals surface area contributed by atoms with Crippen molar-refractivity contribution >= 4 is 5.97 Å². The third kappa shape index (κ3) is 5.67. The number of nitrogens with zero attached hydrogens (tertiary/aromatic N) is 1. The van der Waals surface area contributed by atoms with Crippen LogP contribution in [0.3, 0.4) is 0 Å². The maximum Gasteiger partial charge on any atom is 0.303 e. The first-order chi connectivity index (χ1) is 18.4. The zero-order valence-corrected chi connectivity index (χ0v) is 21.6. The molecule has 38 heavy (non-hydrogen) atoms. The zero-order chi connectivity index (χ0) is 26.7. The van der Waals surface area contributed by atoms with Gasteiger partial charge in [-0.3, -0.25) is 4.79 Å². The quantitative estimate of drug-likeness (QED) is 0.291. The van der Waals surface area contributed by atoms with Crippen molar-refractivity contribution in [1.29, 1.82) is 5.26 Å². The van der Waals surface area contributed by atoms with E-state index in [4.69, 9.17) is 9.47 Å². The van der Waals surface area contributed by atoms with Crippen LogP contribution in [0.4, 0.5) is 4.39 Å². The van der Waals surface area contributed by atoms with Crippen molar-refractivity contribution < 1.29 is 23.8 Å². The highest BCUT2D eigenvalue weighted by Crippen LogP contribution is 2.46. The molecule has 5 rings (SSSR count). The molecule has 0 aromatic heterocycles. The number of halogens is 1. The Kier molecular flexibility index (Phi) is 7.37. The van der Waals surface area contributed by atoms with Gasteiger partial charge in [0, 0.05) is 5.56 Å². The molecule has 196 valence electrons. The predicted molar refractivity (Wildman–Crippen MR) is 142 cm³/mol. The van der Waals surface area contributed by atoms with Crippen molar-refractivity contribution in [1.82, 2.24) is 0 Å². The number of ether oxygens (including phenoxy) is 2. The molecule has 1 N–H and O–H groups in total. The summed E-state index contributed by atoms with van der Waals surface area (Å²) in [5, 5.41) is 19.2. The van der Waals surface area contributed by atoms with Gasteiger partial charge in [-0.25, -0.2) is 4.39 Å². The van der Waals surface area contributed by atoms with Crippen LogP contribution in [0, 0.1) is 28.5 Å². The van der Waals surface area contributed by atoms with Gasteiger partial charge in [-0.2, -0.15) is 5.26 Å². The Morgan fingerprint density at radius 3 is 2.55 bits per heavy atom. The second kappa shape index (κ2) is 10.9. The smallest absolute Gasteiger partial charge is 0.303 e. The van der Waals surface area contributed by atoms with Crippen LogP contribution >= 0.6 is 0 Å². The van der Waals surface area contributed by atoms with Crippen LogP contribution in [-0.4, -0.2) is 18.2 Å². The molecule has 2 fully saturated rings. The summed E-state index contributed by atoms with van der Waals surface area (Å²) in [7, 11) is 1.55. The zero-order valence-electron chi connectivity index (χ0n) is 21.6. The number of carbonyl (C=O) groups is 1. The number of hydrogen-bond donors (Lipinski definition) is 1. The topological polar surface area (TPSA) is 79.6 Å². The van der Waals surface area contributed by atoms with E-state index in [0.29, 0.717) is 36.0 Å². The average Bonchev–Trinajstić information content (AvgIpc) is 3.74. The van der Waals surface area contributed by atoms with Crippen LogP contribution < -0.4 is 9.47 Å². The van der Waals surface area contributed by atoms with E-state index in [2.05, 4.69) is 6.07 Å². The molecule has 6 heteroatoms. The van der Waals surface area contributed by atoms with E-state index < -0.39 is 11.4 Å². The van der Waals surface area contributed by atoms with E-state index >= 15 is 0 Å². The number of aliphatic carboxylic acids is 1. The van der Waals surface area contributed by atoms with Crippen LogP contribution in [0.25, 0.3) is 11.1 Å². The standard InChI is InChI=1S/C32H32FNO4/c1-37-25-9-11-30(33)29(16-25)27-10-8-26(15-24(27)18-32(20-34)12-3-13-32)38-19-21-4-2-5-23(14-21)28(17-31(35)36)22-6-7-22/h2,4-5,8-11,14-16,22,28H,3,6-7,12-13,17-19H2,1H3,(H,35,36). The van der Waals surface area contributed by atoms with Crippen LogP contribution in [0.15, 0.2) is 60.7 Å². The van der Waals surface area contributed by atoms with E-state index in [9.17, 15) is 19.6 Å². The highest BCUT2D eigenvalue weighted by molar-refractivity contribution is 5.71. The summed E-state index contributed by atoms with van der Waals surface area (Å²) in [6.07, 6.45) is 5.51. The monoisotopic (exact) mass is 513 g/mol. The summed E-state index contributed by atoms with van der Waals surface area (Å²) in [5.41, 5.74) is 3.63. The molecule has 2 saturated carbocycles. The molecule has 2 aliphatic carbocycles. The van der Waals surface area contributed by atoms with Crippen LogP contribution in [0.5, 0.6) is 11.5 Å². The van der Waals surface area contributed by atoms with Crippen molar-refractivity contribution in [2.75, 3.05) is 7.11 Å². The Morgan fingerprint density at radius 2 is 1.89 bits per heavy atom. The summed E-state index contributed by atoms with van der Waals surface area (Å²) < 4.78 is 26.4. The van der Waals surface area contributed by atoms with Crippen LogP contribution in [0.2, 0.25) is 0 Å². The molecule has 5 nitrogen and oxygen atoms in total. The second-order valence-electron chi connectivity index (χ2n) is 10.7. The van der Waals surface area contributed by atoms with E-state index in [-0.39, 0.29) is 18.2 Å². The van der Waals surface area contributed by atoms with Crippen molar-refractivity contribution in [3.8, 4) is 28.7 Å². The number of nitriles is 1. The highest BCUT2D eigenvalue weighted by Gasteiger charge is 2.38. The molecule has 1 atom stereocenters. The minimum atomic E-state index is -0.773. The van der Waals surface area contributed by atoms with Gasteiger partial charge in [0.15, 0.2) is 0 Å². The van der Waals surface area contributed by atoms with Crippen LogP contribution in [0.1, 0.15) is 61.1 Å². The van der Waals surface area contributed by atoms with Crippen LogP contribution in [-0.2, 0) is 17.8 Å². The number of carboxylic acids is 1. The first kappa shape index (κ1) is 25.8. The molecule has 1 unspecified atom stereocenters. The maximum atomic E-state index is 14.9. The van der Waals surface area contributed by atoms with Crippen molar-refractivity contribution in [2.45, 2.75) is 57.5 Å². The lowest BCUT2D eigenvalue weighted by molar-refractivity contribution is -0.137. The molecule has 0 aliphatic heterocycles. The van der Waals surface area contributed by atoms with Gasteiger partial charge in [-0.05, 0) is 96.5 Å². The number of rotatable bonds is 11. The van der Waals surface area contributed by atoms with Crippen molar-refractivity contribution in [3.05, 3.63) is 83.2 Å². The lowest BCUT2D eigenvalue weighted by atomic mass is 9.66. The average molecular weight is 514 g/mol. The SMILES string of the molecule is COc1ccc(F)c(-c2ccc(OCc3cccc(C(CC(=O)O)C4CC4)c3)cc2CC2(C#N)CCC2)c1. The second-order valence-corrected chi connectivity index (χ2v) is 10.7. The third-order valence-electron chi connectivity index (χ3n) is 7.99.